The number of halogens is 2. The van der Waals surface area contributed by atoms with Crippen LogP contribution in [-0.2, 0) is 14.8 Å². The van der Waals surface area contributed by atoms with Crippen LogP contribution in [0.5, 0.6) is 5.75 Å². The van der Waals surface area contributed by atoms with Gasteiger partial charge in [0.2, 0.25) is 10.0 Å². The molecule has 0 atom stereocenters. The third-order valence-corrected chi connectivity index (χ3v) is 6.65. The molecule has 0 saturated carbocycles. The second kappa shape index (κ2) is 6.31. The van der Waals surface area contributed by atoms with Gasteiger partial charge in [0.05, 0.1) is 24.2 Å². The van der Waals surface area contributed by atoms with Crippen LogP contribution in [0.3, 0.4) is 0 Å². The molecule has 136 valence electrons. The predicted molar refractivity (Wildman–Crippen MR) is 85.0 cm³/mol. The molecule has 0 radical (unpaired) electrons. The van der Waals surface area contributed by atoms with Gasteiger partial charge in [0.15, 0.2) is 0 Å². The maximum Gasteiger partial charge on any atom is 0.387 e. The molecule has 0 amide bonds. The van der Waals surface area contributed by atoms with Crippen LogP contribution in [0.25, 0.3) is 0 Å². The SMILES string of the molecule is O=S(=O)(c1ccc(OC(F)F)cc1)N1CC2=C(CN(C3COC3)C2)C1. The van der Waals surface area contributed by atoms with E-state index >= 15 is 0 Å². The molecular formula is C16H18F2N2O4S. The average Bonchev–Trinajstić information content (AvgIpc) is 3.04. The zero-order valence-corrected chi connectivity index (χ0v) is 14.2. The van der Waals surface area contributed by atoms with Crippen LogP contribution in [0, 0.1) is 0 Å². The maximum absolute atomic E-state index is 12.8. The van der Waals surface area contributed by atoms with E-state index in [1.165, 1.54) is 28.6 Å². The molecule has 6 nitrogen and oxygen atoms in total. The molecule has 0 spiro atoms. The lowest BCUT2D eigenvalue weighted by Gasteiger charge is -2.35. The Hall–Kier alpha value is -1.55. The molecule has 4 rings (SSSR count). The van der Waals surface area contributed by atoms with Crippen molar-refractivity contribution < 1.29 is 26.7 Å². The number of hydrogen-bond acceptors (Lipinski definition) is 5. The summed E-state index contributed by atoms with van der Waals surface area (Å²) in [5.41, 5.74) is 2.32. The second-order valence-corrected chi connectivity index (χ2v) is 8.36. The van der Waals surface area contributed by atoms with Crippen molar-refractivity contribution in [3.05, 3.63) is 35.4 Å². The van der Waals surface area contributed by atoms with Crippen LogP contribution >= 0.6 is 0 Å². The number of alkyl halides is 2. The zero-order chi connectivity index (χ0) is 17.6. The molecule has 1 fully saturated rings. The van der Waals surface area contributed by atoms with E-state index in [1.807, 2.05) is 0 Å². The quantitative estimate of drug-likeness (QED) is 0.730. The van der Waals surface area contributed by atoms with Gasteiger partial charge in [-0.1, -0.05) is 0 Å². The molecule has 1 aromatic rings. The fourth-order valence-corrected chi connectivity index (χ4v) is 4.81. The van der Waals surface area contributed by atoms with E-state index in [0.717, 1.165) is 37.4 Å². The van der Waals surface area contributed by atoms with Crippen molar-refractivity contribution in [1.29, 1.82) is 0 Å². The highest BCUT2D eigenvalue weighted by molar-refractivity contribution is 7.89. The minimum Gasteiger partial charge on any atom is -0.435 e. The van der Waals surface area contributed by atoms with E-state index in [9.17, 15) is 17.2 Å². The van der Waals surface area contributed by atoms with Crippen molar-refractivity contribution in [1.82, 2.24) is 9.21 Å². The third kappa shape index (κ3) is 3.17. The summed E-state index contributed by atoms with van der Waals surface area (Å²) in [6.07, 6.45) is 0. The first kappa shape index (κ1) is 16.9. The zero-order valence-electron chi connectivity index (χ0n) is 13.4. The molecule has 1 aromatic carbocycles. The van der Waals surface area contributed by atoms with Crippen molar-refractivity contribution in [2.75, 3.05) is 39.4 Å². The first-order chi connectivity index (χ1) is 11.9. The van der Waals surface area contributed by atoms with Gasteiger partial charge in [0.1, 0.15) is 5.75 Å². The van der Waals surface area contributed by atoms with Crippen molar-refractivity contribution in [2.45, 2.75) is 17.5 Å². The molecule has 3 aliphatic heterocycles. The minimum atomic E-state index is -3.65. The van der Waals surface area contributed by atoms with E-state index in [4.69, 9.17) is 4.74 Å². The topological polar surface area (TPSA) is 59.1 Å². The lowest BCUT2D eigenvalue weighted by molar-refractivity contribution is -0.0565. The summed E-state index contributed by atoms with van der Waals surface area (Å²) >= 11 is 0. The van der Waals surface area contributed by atoms with Gasteiger partial charge in [-0.15, -0.1) is 0 Å². The van der Waals surface area contributed by atoms with E-state index in [0.29, 0.717) is 19.1 Å². The van der Waals surface area contributed by atoms with E-state index in [2.05, 4.69) is 9.64 Å². The van der Waals surface area contributed by atoms with Crippen molar-refractivity contribution in [3.8, 4) is 5.75 Å². The smallest absolute Gasteiger partial charge is 0.387 e. The predicted octanol–water partition coefficient (Wildman–Crippen LogP) is 1.30. The number of nitrogens with zero attached hydrogens (tertiary/aromatic N) is 2. The lowest BCUT2D eigenvalue weighted by Crippen LogP contribution is -2.49. The van der Waals surface area contributed by atoms with Crippen molar-refractivity contribution in [3.63, 3.8) is 0 Å². The molecule has 0 aromatic heterocycles. The van der Waals surface area contributed by atoms with Crippen molar-refractivity contribution in [2.24, 2.45) is 0 Å². The Morgan fingerprint density at radius 2 is 1.64 bits per heavy atom. The Morgan fingerprint density at radius 3 is 2.12 bits per heavy atom. The number of ether oxygens (including phenoxy) is 2. The summed E-state index contributed by atoms with van der Waals surface area (Å²) < 4.78 is 60.8. The molecule has 0 N–H and O–H groups in total. The summed E-state index contributed by atoms with van der Waals surface area (Å²) in [6, 6.07) is 5.53. The Bertz CT molecular complexity index is 773. The summed E-state index contributed by atoms with van der Waals surface area (Å²) in [4.78, 5) is 2.41. The van der Waals surface area contributed by atoms with Crippen LogP contribution < -0.4 is 4.74 Å². The van der Waals surface area contributed by atoms with Gasteiger partial charge in [0.25, 0.3) is 0 Å². The van der Waals surface area contributed by atoms with E-state index in [1.54, 1.807) is 0 Å². The summed E-state index contributed by atoms with van der Waals surface area (Å²) in [5, 5.41) is 0. The largest absolute Gasteiger partial charge is 0.435 e. The molecule has 1 saturated heterocycles. The molecule has 9 heteroatoms. The molecule has 3 heterocycles. The number of rotatable bonds is 5. The highest BCUT2D eigenvalue weighted by Crippen LogP contribution is 2.32. The highest BCUT2D eigenvalue weighted by Gasteiger charge is 2.39. The van der Waals surface area contributed by atoms with Crippen LogP contribution in [0.1, 0.15) is 0 Å². The highest BCUT2D eigenvalue weighted by atomic mass is 32.2. The minimum absolute atomic E-state index is 0.0608. The number of benzene rings is 1. The fourth-order valence-electron chi connectivity index (χ4n) is 3.38. The van der Waals surface area contributed by atoms with Gasteiger partial charge in [-0.2, -0.15) is 13.1 Å². The van der Waals surface area contributed by atoms with Crippen molar-refractivity contribution >= 4 is 10.0 Å². The molecule has 3 aliphatic rings. The average molecular weight is 372 g/mol. The van der Waals surface area contributed by atoms with E-state index < -0.39 is 16.6 Å². The van der Waals surface area contributed by atoms with Crippen LogP contribution in [0.4, 0.5) is 8.78 Å². The summed E-state index contributed by atoms with van der Waals surface area (Å²) in [7, 11) is -3.65. The van der Waals surface area contributed by atoms with Crippen LogP contribution in [-0.4, -0.2) is 69.7 Å². The van der Waals surface area contributed by atoms with Gasteiger partial charge in [-0.05, 0) is 35.4 Å². The van der Waals surface area contributed by atoms with Gasteiger partial charge in [-0.25, -0.2) is 8.42 Å². The standard InChI is InChI=1S/C16H18F2N2O4S/c17-16(18)24-14-1-3-15(4-2-14)25(21,22)20-7-11-5-19(6-12(11)8-20)13-9-23-10-13/h1-4,13,16H,5-10H2. The maximum atomic E-state index is 12.8. The van der Waals surface area contributed by atoms with Gasteiger partial charge in [-0.3, -0.25) is 4.90 Å². The van der Waals surface area contributed by atoms with E-state index in [-0.39, 0.29) is 10.6 Å². The monoisotopic (exact) mass is 372 g/mol. The summed E-state index contributed by atoms with van der Waals surface area (Å²) in [6.45, 7) is 0.907. The lowest BCUT2D eigenvalue weighted by atomic mass is 10.2. The normalized spacial score (nSPS) is 22.5. The Morgan fingerprint density at radius 1 is 1.04 bits per heavy atom. The first-order valence-corrected chi connectivity index (χ1v) is 9.44. The van der Waals surface area contributed by atoms with Gasteiger partial charge in [0, 0.05) is 26.2 Å². The second-order valence-electron chi connectivity index (χ2n) is 6.43. The summed E-state index contributed by atoms with van der Waals surface area (Å²) in [5.74, 6) is -0.0608. The Labute approximate surface area is 144 Å². The van der Waals surface area contributed by atoms with Gasteiger partial charge >= 0.3 is 6.61 Å². The van der Waals surface area contributed by atoms with Crippen LogP contribution in [0.2, 0.25) is 0 Å². The fraction of sp³-hybridized carbons (Fsp3) is 0.500. The number of hydrogen-bond donors (Lipinski definition) is 0. The molecule has 25 heavy (non-hydrogen) atoms. The van der Waals surface area contributed by atoms with Crippen LogP contribution in [0.15, 0.2) is 40.3 Å². The molecule has 0 aliphatic carbocycles. The molecule has 0 unspecified atom stereocenters. The van der Waals surface area contributed by atoms with Gasteiger partial charge < -0.3 is 9.47 Å². The third-order valence-electron chi connectivity index (χ3n) is 4.85. The molecular weight excluding hydrogens is 354 g/mol. The Balaban J connectivity index is 1.42. The first-order valence-electron chi connectivity index (χ1n) is 8.00. The number of sulfonamides is 1. The molecule has 0 bridgehead atoms. The Kier molecular flexibility index (Phi) is 4.27.